The van der Waals surface area contributed by atoms with Gasteiger partial charge in [0.05, 0.1) is 13.2 Å². The van der Waals surface area contributed by atoms with Crippen molar-refractivity contribution in [1.82, 2.24) is 5.32 Å². The van der Waals surface area contributed by atoms with Gasteiger partial charge in [0.15, 0.2) is 0 Å². The highest BCUT2D eigenvalue weighted by Gasteiger charge is 2.10. The van der Waals surface area contributed by atoms with E-state index >= 15 is 0 Å². The van der Waals surface area contributed by atoms with Crippen LogP contribution in [-0.2, 0) is 0 Å². The zero-order chi connectivity index (χ0) is 16.8. The molecule has 2 rings (SSSR count). The second kappa shape index (κ2) is 7.80. The molecule has 0 aliphatic carbocycles. The number of nitrogens with one attached hydrogen (secondary N) is 2. The lowest BCUT2D eigenvalue weighted by Crippen LogP contribution is -2.32. The molecule has 5 nitrogen and oxygen atoms in total. The fourth-order valence-electron chi connectivity index (χ4n) is 1.92. The molecular formula is C16H16ClFN2O3. The van der Waals surface area contributed by atoms with Crippen LogP contribution in [0, 0.1) is 5.82 Å². The fourth-order valence-corrected chi connectivity index (χ4v) is 2.05. The number of hydrogen-bond donors (Lipinski definition) is 3. The van der Waals surface area contributed by atoms with Crippen molar-refractivity contribution in [2.45, 2.75) is 6.10 Å². The number of carbonyl (C=O) groups is 1. The maximum atomic E-state index is 13.3. The number of carbonyl (C=O) groups excluding carboxylic acids is 1. The SMILES string of the molecule is COc1cc(F)cc(NC(=O)NCC(O)c2ccc(Cl)cc2)c1. The Morgan fingerprint density at radius 1 is 1.30 bits per heavy atom. The molecule has 0 aliphatic heterocycles. The summed E-state index contributed by atoms with van der Waals surface area (Å²) in [5.74, 6) is -0.234. The topological polar surface area (TPSA) is 70.6 Å². The number of ether oxygens (including phenoxy) is 1. The summed E-state index contributed by atoms with van der Waals surface area (Å²) in [6.07, 6.45) is -0.875. The van der Waals surface area contributed by atoms with Gasteiger partial charge < -0.3 is 20.5 Å². The Morgan fingerprint density at radius 3 is 2.65 bits per heavy atom. The van der Waals surface area contributed by atoms with E-state index in [1.54, 1.807) is 24.3 Å². The van der Waals surface area contributed by atoms with Gasteiger partial charge in [0.25, 0.3) is 0 Å². The average molecular weight is 339 g/mol. The Hall–Kier alpha value is -2.31. The van der Waals surface area contributed by atoms with Gasteiger partial charge in [-0.05, 0) is 23.8 Å². The third-order valence-corrected chi connectivity index (χ3v) is 3.33. The van der Waals surface area contributed by atoms with E-state index in [1.165, 1.54) is 19.2 Å². The second-order valence-electron chi connectivity index (χ2n) is 4.78. The van der Waals surface area contributed by atoms with Crippen molar-refractivity contribution in [3.05, 3.63) is 58.9 Å². The molecule has 0 saturated heterocycles. The number of methoxy groups -OCH3 is 1. The third-order valence-electron chi connectivity index (χ3n) is 3.08. The summed E-state index contributed by atoms with van der Waals surface area (Å²) >= 11 is 5.77. The van der Waals surface area contributed by atoms with Crippen LogP contribution in [0.1, 0.15) is 11.7 Å². The van der Waals surface area contributed by atoms with Crippen LogP contribution in [0.3, 0.4) is 0 Å². The number of benzene rings is 2. The number of hydrogen-bond acceptors (Lipinski definition) is 3. The molecule has 0 fully saturated rings. The Kier molecular flexibility index (Phi) is 5.78. The maximum absolute atomic E-state index is 13.3. The fraction of sp³-hybridized carbons (Fsp3) is 0.188. The molecule has 7 heteroatoms. The summed E-state index contributed by atoms with van der Waals surface area (Å²) in [5.41, 5.74) is 0.877. The largest absolute Gasteiger partial charge is 0.497 e. The van der Waals surface area contributed by atoms with Crippen molar-refractivity contribution in [2.75, 3.05) is 19.0 Å². The van der Waals surface area contributed by atoms with E-state index in [0.29, 0.717) is 16.3 Å². The number of aliphatic hydroxyl groups excluding tert-OH is 1. The first-order chi connectivity index (χ1) is 11.0. The number of amides is 2. The number of urea groups is 1. The smallest absolute Gasteiger partial charge is 0.319 e. The van der Waals surface area contributed by atoms with E-state index in [9.17, 15) is 14.3 Å². The molecule has 1 atom stereocenters. The number of halogens is 2. The molecule has 0 saturated carbocycles. The van der Waals surface area contributed by atoms with Gasteiger partial charge in [0.1, 0.15) is 11.6 Å². The minimum absolute atomic E-state index is 0.0000830. The molecule has 0 spiro atoms. The molecule has 2 aromatic carbocycles. The zero-order valence-corrected chi connectivity index (χ0v) is 13.1. The first-order valence-corrected chi connectivity index (χ1v) is 7.18. The molecule has 0 aromatic heterocycles. The first-order valence-electron chi connectivity index (χ1n) is 6.81. The van der Waals surface area contributed by atoms with Crippen LogP contribution in [0.25, 0.3) is 0 Å². The Morgan fingerprint density at radius 2 is 2.00 bits per heavy atom. The van der Waals surface area contributed by atoms with Gasteiger partial charge in [-0.3, -0.25) is 0 Å². The van der Waals surface area contributed by atoms with Crippen molar-refractivity contribution < 1.29 is 19.0 Å². The third kappa shape index (κ3) is 5.12. The Balaban J connectivity index is 1.90. The van der Waals surface area contributed by atoms with Gasteiger partial charge in [-0.2, -0.15) is 0 Å². The minimum atomic E-state index is -0.875. The highest BCUT2D eigenvalue weighted by atomic mass is 35.5. The lowest BCUT2D eigenvalue weighted by atomic mass is 10.1. The molecule has 0 heterocycles. The van der Waals surface area contributed by atoms with E-state index in [4.69, 9.17) is 16.3 Å². The highest BCUT2D eigenvalue weighted by Crippen LogP contribution is 2.20. The predicted molar refractivity (Wildman–Crippen MR) is 86.4 cm³/mol. The zero-order valence-electron chi connectivity index (χ0n) is 12.3. The van der Waals surface area contributed by atoms with Crippen LogP contribution in [0.15, 0.2) is 42.5 Å². The van der Waals surface area contributed by atoms with Crippen molar-refractivity contribution in [1.29, 1.82) is 0 Å². The summed E-state index contributed by atoms with van der Waals surface area (Å²) in [4.78, 5) is 11.8. The molecule has 0 bridgehead atoms. The van der Waals surface area contributed by atoms with E-state index in [2.05, 4.69) is 10.6 Å². The van der Waals surface area contributed by atoms with E-state index < -0.39 is 18.0 Å². The highest BCUT2D eigenvalue weighted by molar-refractivity contribution is 6.30. The quantitative estimate of drug-likeness (QED) is 0.783. The molecule has 23 heavy (non-hydrogen) atoms. The van der Waals surface area contributed by atoms with Gasteiger partial charge in [0, 0.05) is 29.4 Å². The minimum Gasteiger partial charge on any atom is -0.497 e. The van der Waals surface area contributed by atoms with E-state index in [0.717, 1.165) is 6.07 Å². The molecule has 0 aliphatic rings. The van der Waals surface area contributed by atoms with Crippen LogP contribution in [-0.4, -0.2) is 24.8 Å². The molecule has 0 radical (unpaired) electrons. The molecule has 3 N–H and O–H groups in total. The Labute approximate surface area is 138 Å². The van der Waals surface area contributed by atoms with Gasteiger partial charge in [-0.1, -0.05) is 23.7 Å². The lowest BCUT2D eigenvalue weighted by Gasteiger charge is -2.13. The van der Waals surface area contributed by atoms with Crippen molar-refractivity contribution in [2.24, 2.45) is 0 Å². The predicted octanol–water partition coefficient (Wildman–Crippen LogP) is 3.34. The van der Waals surface area contributed by atoms with Gasteiger partial charge >= 0.3 is 6.03 Å². The summed E-state index contributed by atoms with van der Waals surface area (Å²) in [7, 11) is 1.40. The summed E-state index contributed by atoms with van der Waals surface area (Å²) in [6.45, 7) is -0.0000830. The van der Waals surface area contributed by atoms with Crippen LogP contribution in [0.5, 0.6) is 5.75 Å². The van der Waals surface area contributed by atoms with Gasteiger partial charge in [-0.25, -0.2) is 9.18 Å². The van der Waals surface area contributed by atoms with Crippen LogP contribution in [0.4, 0.5) is 14.9 Å². The molecular weight excluding hydrogens is 323 g/mol. The van der Waals surface area contributed by atoms with Crippen LogP contribution >= 0.6 is 11.6 Å². The van der Waals surface area contributed by atoms with Gasteiger partial charge in [0.2, 0.25) is 0 Å². The normalized spacial score (nSPS) is 11.7. The summed E-state index contributed by atoms with van der Waals surface area (Å²) in [5, 5.41) is 15.5. The molecule has 122 valence electrons. The Bertz CT molecular complexity index is 680. The number of aliphatic hydroxyl groups is 1. The molecule has 2 aromatic rings. The maximum Gasteiger partial charge on any atom is 0.319 e. The van der Waals surface area contributed by atoms with E-state index in [-0.39, 0.29) is 12.2 Å². The molecule has 2 amide bonds. The lowest BCUT2D eigenvalue weighted by molar-refractivity contribution is 0.175. The number of rotatable bonds is 5. The standard InChI is InChI=1S/C16H16ClFN2O3/c1-23-14-7-12(18)6-13(8-14)20-16(22)19-9-15(21)10-2-4-11(17)5-3-10/h2-8,15,21H,9H2,1H3,(H2,19,20,22). The van der Waals surface area contributed by atoms with E-state index in [1.807, 2.05) is 0 Å². The monoisotopic (exact) mass is 338 g/mol. The van der Waals surface area contributed by atoms with Crippen LogP contribution < -0.4 is 15.4 Å². The van der Waals surface area contributed by atoms with Crippen molar-refractivity contribution in [3.63, 3.8) is 0 Å². The first kappa shape index (κ1) is 17.1. The van der Waals surface area contributed by atoms with Gasteiger partial charge in [-0.15, -0.1) is 0 Å². The second-order valence-corrected chi connectivity index (χ2v) is 5.22. The number of anilines is 1. The van der Waals surface area contributed by atoms with Crippen molar-refractivity contribution in [3.8, 4) is 5.75 Å². The average Bonchev–Trinajstić information content (AvgIpc) is 2.52. The van der Waals surface area contributed by atoms with Crippen LogP contribution in [0.2, 0.25) is 5.02 Å². The molecule has 1 unspecified atom stereocenters. The summed E-state index contributed by atoms with van der Waals surface area (Å²) < 4.78 is 18.3. The summed E-state index contributed by atoms with van der Waals surface area (Å²) in [6, 6.07) is 9.93. The van der Waals surface area contributed by atoms with Crippen molar-refractivity contribution >= 4 is 23.3 Å².